The van der Waals surface area contributed by atoms with Gasteiger partial charge in [-0.1, -0.05) is 18.2 Å². The molecular formula is C20H19N3OS2. The summed E-state index contributed by atoms with van der Waals surface area (Å²) in [5.74, 6) is 0.0715. The van der Waals surface area contributed by atoms with Crippen molar-refractivity contribution >= 4 is 39.5 Å². The average molecular weight is 382 g/mol. The highest BCUT2D eigenvalue weighted by molar-refractivity contribution is 7.16. The zero-order valence-electron chi connectivity index (χ0n) is 14.4. The highest BCUT2D eigenvalue weighted by Gasteiger charge is 2.08. The van der Waals surface area contributed by atoms with Crippen LogP contribution in [0.25, 0.3) is 21.5 Å². The van der Waals surface area contributed by atoms with Gasteiger partial charge in [0.2, 0.25) is 5.91 Å². The monoisotopic (exact) mass is 381 g/mol. The molecule has 4 rings (SSSR count). The summed E-state index contributed by atoms with van der Waals surface area (Å²) in [6.07, 6.45) is 2.52. The van der Waals surface area contributed by atoms with Crippen molar-refractivity contribution in [3.05, 3.63) is 63.9 Å². The van der Waals surface area contributed by atoms with Crippen molar-refractivity contribution < 1.29 is 4.79 Å². The second kappa shape index (κ2) is 7.43. The van der Waals surface area contributed by atoms with Crippen LogP contribution in [0.2, 0.25) is 0 Å². The molecule has 0 aliphatic carbocycles. The van der Waals surface area contributed by atoms with E-state index < -0.39 is 0 Å². The molecule has 4 nitrogen and oxygen atoms in total. The van der Waals surface area contributed by atoms with Gasteiger partial charge in [-0.2, -0.15) is 0 Å². The SMILES string of the molecule is Cc1nc(-c2ccc(CNC(=O)CCn3ccc4ccccc43)s2)cs1. The molecule has 0 radical (unpaired) electrons. The maximum Gasteiger partial charge on any atom is 0.222 e. The van der Waals surface area contributed by atoms with Crippen LogP contribution in [0, 0.1) is 6.92 Å². The summed E-state index contributed by atoms with van der Waals surface area (Å²) >= 11 is 3.34. The van der Waals surface area contributed by atoms with Crippen molar-refractivity contribution in [2.24, 2.45) is 0 Å². The number of thiazole rings is 1. The second-order valence-corrected chi connectivity index (χ2v) is 8.34. The predicted molar refractivity (Wildman–Crippen MR) is 109 cm³/mol. The van der Waals surface area contributed by atoms with Gasteiger partial charge in [0.25, 0.3) is 0 Å². The summed E-state index contributed by atoms with van der Waals surface area (Å²) in [5.41, 5.74) is 2.19. The lowest BCUT2D eigenvalue weighted by Crippen LogP contribution is -2.23. The smallest absolute Gasteiger partial charge is 0.222 e. The lowest BCUT2D eigenvalue weighted by atomic mass is 10.2. The molecule has 0 fully saturated rings. The van der Waals surface area contributed by atoms with E-state index in [-0.39, 0.29) is 5.91 Å². The third kappa shape index (κ3) is 3.71. The van der Waals surface area contributed by atoms with E-state index in [4.69, 9.17) is 0 Å². The van der Waals surface area contributed by atoms with Crippen LogP contribution in [-0.2, 0) is 17.9 Å². The molecule has 1 aromatic carbocycles. The topological polar surface area (TPSA) is 46.9 Å². The minimum atomic E-state index is 0.0715. The van der Waals surface area contributed by atoms with Crippen molar-refractivity contribution in [2.75, 3.05) is 0 Å². The van der Waals surface area contributed by atoms with E-state index in [0.29, 0.717) is 19.5 Å². The Bertz CT molecular complexity index is 1040. The average Bonchev–Trinajstić information content (AvgIpc) is 3.37. The van der Waals surface area contributed by atoms with Crippen LogP contribution in [0.15, 0.2) is 54.0 Å². The molecule has 4 aromatic rings. The van der Waals surface area contributed by atoms with E-state index in [2.05, 4.69) is 50.6 Å². The molecular weight excluding hydrogens is 362 g/mol. The van der Waals surface area contributed by atoms with Crippen molar-refractivity contribution in [3.63, 3.8) is 0 Å². The Morgan fingerprint density at radius 2 is 2.08 bits per heavy atom. The second-order valence-electron chi connectivity index (χ2n) is 6.11. The van der Waals surface area contributed by atoms with Crippen molar-refractivity contribution in [2.45, 2.75) is 26.4 Å². The summed E-state index contributed by atoms with van der Waals surface area (Å²) < 4.78 is 2.13. The van der Waals surface area contributed by atoms with Crippen LogP contribution < -0.4 is 5.32 Å². The van der Waals surface area contributed by atoms with Gasteiger partial charge in [0.15, 0.2) is 0 Å². The quantitative estimate of drug-likeness (QED) is 0.519. The molecule has 0 unspecified atom stereocenters. The Hall–Kier alpha value is -2.44. The van der Waals surface area contributed by atoms with E-state index in [1.54, 1.807) is 22.7 Å². The number of aromatic nitrogens is 2. The lowest BCUT2D eigenvalue weighted by molar-refractivity contribution is -0.121. The Morgan fingerprint density at radius 3 is 2.92 bits per heavy atom. The van der Waals surface area contributed by atoms with E-state index in [0.717, 1.165) is 20.5 Å². The number of aryl methyl sites for hydroxylation is 2. The van der Waals surface area contributed by atoms with Gasteiger partial charge >= 0.3 is 0 Å². The number of nitrogens with one attached hydrogen (secondary N) is 1. The Balaban J connectivity index is 1.31. The maximum atomic E-state index is 12.2. The lowest BCUT2D eigenvalue weighted by Gasteiger charge is -2.06. The third-order valence-electron chi connectivity index (χ3n) is 4.25. The zero-order chi connectivity index (χ0) is 17.9. The van der Waals surface area contributed by atoms with Gasteiger partial charge < -0.3 is 9.88 Å². The molecule has 1 amide bonds. The Kier molecular flexibility index (Phi) is 4.86. The van der Waals surface area contributed by atoms with Gasteiger partial charge in [0.1, 0.15) is 0 Å². The standard InChI is InChI=1S/C20H19N3OS2/c1-14-22-17(13-25-14)19-7-6-16(26-19)12-21-20(24)9-11-23-10-8-15-4-2-3-5-18(15)23/h2-8,10,13H,9,11-12H2,1H3,(H,21,24). The maximum absolute atomic E-state index is 12.2. The molecule has 0 aliphatic rings. The molecule has 26 heavy (non-hydrogen) atoms. The number of carbonyl (C=O) groups excluding carboxylic acids is 1. The highest BCUT2D eigenvalue weighted by atomic mass is 32.1. The Labute approximate surface area is 160 Å². The van der Waals surface area contributed by atoms with E-state index in [1.165, 1.54) is 10.9 Å². The minimum Gasteiger partial charge on any atom is -0.351 e. The number of para-hydroxylation sites is 1. The Morgan fingerprint density at radius 1 is 1.19 bits per heavy atom. The van der Waals surface area contributed by atoms with E-state index >= 15 is 0 Å². The van der Waals surface area contributed by atoms with Crippen LogP contribution in [0.5, 0.6) is 0 Å². The van der Waals surface area contributed by atoms with Crippen LogP contribution in [0.1, 0.15) is 16.3 Å². The first-order valence-electron chi connectivity index (χ1n) is 8.51. The summed E-state index contributed by atoms with van der Waals surface area (Å²) in [7, 11) is 0. The van der Waals surface area contributed by atoms with Crippen LogP contribution in [0.3, 0.4) is 0 Å². The van der Waals surface area contributed by atoms with Gasteiger partial charge in [-0.05, 0) is 36.6 Å². The number of thiophene rings is 1. The molecule has 0 saturated carbocycles. The van der Waals surface area contributed by atoms with Crippen LogP contribution >= 0.6 is 22.7 Å². The van der Waals surface area contributed by atoms with Crippen molar-refractivity contribution in [3.8, 4) is 10.6 Å². The zero-order valence-corrected chi connectivity index (χ0v) is 16.1. The van der Waals surface area contributed by atoms with E-state index in [1.807, 2.05) is 25.3 Å². The third-order valence-corrected chi connectivity index (χ3v) is 6.13. The fourth-order valence-corrected chi connectivity index (χ4v) is 4.51. The summed E-state index contributed by atoms with van der Waals surface area (Å²) in [4.78, 5) is 19.0. The largest absolute Gasteiger partial charge is 0.351 e. The van der Waals surface area contributed by atoms with E-state index in [9.17, 15) is 4.79 Å². The summed E-state index contributed by atoms with van der Waals surface area (Å²) in [6, 6.07) is 14.4. The molecule has 3 aromatic heterocycles. The molecule has 0 aliphatic heterocycles. The van der Waals surface area contributed by atoms with Crippen molar-refractivity contribution in [1.29, 1.82) is 0 Å². The highest BCUT2D eigenvalue weighted by Crippen LogP contribution is 2.28. The number of hydrogen-bond donors (Lipinski definition) is 1. The van der Waals surface area contributed by atoms with Crippen LogP contribution in [-0.4, -0.2) is 15.5 Å². The molecule has 0 saturated heterocycles. The first-order chi connectivity index (χ1) is 12.7. The first-order valence-corrected chi connectivity index (χ1v) is 10.2. The number of nitrogens with zero attached hydrogens (tertiary/aromatic N) is 2. The predicted octanol–water partition coefficient (Wildman–Crippen LogP) is 4.84. The number of hydrogen-bond acceptors (Lipinski definition) is 4. The summed E-state index contributed by atoms with van der Waals surface area (Å²) in [6.45, 7) is 3.27. The van der Waals surface area contributed by atoms with Crippen molar-refractivity contribution in [1.82, 2.24) is 14.9 Å². The molecule has 3 heterocycles. The van der Waals surface area contributed by atoms with Gasteiger partial charge in [-0.3, -0.25) is 4.79 Å². The van der Waals surface area contributed by atoms with Gasteiger partial charge in [-0.15, -0.1) is 22.7 Å². The molecule has 0 bridgehead atoms. The fraction of sp³-hybridized carbons (Fsp3) is 0.200. The molecule has 0 atom stereocenters. The number of rotatable bonds is 6. The van der Waals surface area contributed by atoms with Gasteiger partial charge in [-0.25, -0.2) is 4.98 Å². The van der Waals surface area contributed by atoms with Gasteiger partial charge in [0, 0.05) is 34.9 Å². The number of fused-ring (bicyclic) bond motifs is 1. The number of amides is 1. The molecule has 132 valence electrons. The summed E-state index contributed by atoms with van der Waals surface area (Å²) in [5, 5.41) is 7.37. The molecule has 1 N–H and O–H groups in total. The van der Waals surface area contributed by atoms with Gasteiger partial charge in [0.05, 0.1) is 22.1 Å². The fourth-order valence-electron chi connectivity index (χ4n) is 2.92. The first kappa shape index (κ1) is 17.0. The minimum absolute atomic E-state index is 0.0715. The normalized spacial score (nSPS) is 11.1. The number of benzene rings is 1. The number of carbonyl (C=O) groups is 1. The molecule has 6 heteroatoms. The van der Waals surface area contributed by atoms with Crippen LogP contribution in [0.4, 0.5) is 0 Å². The molecule has 0 spiro atoms.